The van der Waals surface area contributed by atoms with Crippen molar-refractivity contribution in [1.82, 2.24) is 14.5 Å². The number of carbonyl (C=O) groups is 1. The highest BCUT2D eigenvalue weighted by molar-refractivity contribution is 7.89. The minimum absolute atomic E-state index is 0.00593. The average molecular weight is 458 g/mol. The fourth-order valence-corrected chi connectivity index (χ4v) is 3.93. The normalized spacial score (nSPS) is 11.2. The summed E-state index contributed by atoms with van der Waals surface area (Å²) in [6, 6.07) is 15.7. The summed E-state index contributed by atoms with van der Waals surface area (Å²) in [4.78, 5) is 23.6. The number of esters is 1. The molecule has 1 heterocycles. The molecule has 0 aliphatic rings. The first-order valence-corrected chi connectivity index (χ1v) is 11.3. The van der Waals surface area contributed by atoms with E-state index in [0.29, 0.717) is 12.3 Å². The minimum atomic E-state index is -3.82. The van der Waals surface area contributed by atoms with E-state index >= 15 is 0 Å². The molecule has 0 saturated heterocycles. The van der Waals surface area contributed by atoms with Crippen LogP contribution in [0.2, 0.25) is 0 Å². The van der Waals surface area contributed by atoms with Crippen molar-refractivity contribution >= 4 is 16.0 Å². The Morgan fingerprint density at radius 1 is 1.03 bits per heavy atom. The maximum atomic E-state index is 12.5. The number of hydrogen-bond acceptors (Lipinski definition) is 7. The Morgan fingerprint density at radius 2 is 1.72 bits per heavy atom. The molecule has 3 aromatic rings. The number of nitrogens with zero attached hydrogens (tertiary/aromatic N) is 2. The summed E-state index contributed by atoms with van der Waals surface area (Å²) in [5.41, 5.74) is 1.28. The van der Waals surface area contributed by atoms with Crippen LogP contribution in [0, 0.1) is 0 Å². The van der Waals surface area contributed by atoms with Crippen LogP contribution < -0.4 is 15.0 Å². The summed E-state index contributed by atoms with van der Waals surface area (Å²) in [7, 11) is -2.58. The zero-order valence-corrected chi connectivity index (χ0v) is 18.5. The van der Waals surface area contributed by atoms with E-state index in [1.165, 1.54) is 42.1 Å². The van der Waals surface area contributed by atoms with E-state index in [0.717, 1.165) is 11.3 Å². The molecular weight excluding hydrogens is 434 g/mol. The Balaban J connectivity index is 1.68. The lowest BCUT2D eigenvalue weighted by Gasteiger charge is -2.10. The van der Waals surface area contributed by atoms with Gasteiger partial charge in [0.05, 0.1) is 36.4 Å². The molecule has 0 aliphatic carbocycles. The van der Waals surface area contributed by atoms with Crippen LogP contribution in [-0.2, 0) is 21.3 Å². The van der Waals surface area contributed by atoms with Gasteiger partial charge in [0.2, 0.25) is 10.0 Å². The van der Waals surface area contributed by atoms with Gasteiger partial charge in [-0.1, -0.05) is 0 Å². The molecule has 0 spiro atoms. The Labute approximate surface area is 185 Å². The number of carbonyl (C=O) groups excluding carboxylic acids is 1. The van der Waals surface area contributed by atoms with Gasteiger partial charge in [-0.05, 0) is 61.5 Å². The summed E-state index contributed by atoms with van der Waals surface area (Å²) in [6.45, 7) is 2.47. The van der Waals surface area contributed by atoms with Gasteiger partial charge in [-0.25, -0.2) is 22.6 Å². The van der Waals surface area contributed by atoms with E-state index in [9.17, 15) is 18.0 Å². The molecule has 0 bridgehead atoms. The van der Waals surface area contributed by atoms with Crippen molar-refractivity contribution in [3.05, 3.63) is 76.6 Å². The molecule has 1 aromatic heterocycles. The highest BCUT2D eigenvalue weighted by atomic mass is 32.2. The van der Waals surface area contributed by atoms with Crippen LogP contribution in [0.3, 0.4) is 0 Å². The number of methoxy groups -OCH3 is 1. The first kappa shape index (κ1) is 23.2. The zero-order chi connectivity index (χ0) is 23.1. The second-order valence-electron chi connectivity index (χ2n) is 6.65. The number of hydrogen-bond donors (Lipinski definition) is 1. The standard InChI is InChI=1S/C22H23N3O6S/c1-3-31-18-8-4-16(5-9-18)20-12-13-21(26)25(24-20)15-14-23-32(28,29)19-10-6-17(7-11-19)22(27)30-2/h4-13,23H,3,14-15H2,1-2H3. The van der Waals surface area contributed by atoms with E-state index in [-0.39, 0.29) is 29.1 Å². The van der Waals surface area contributed by atoms with Gasteiger partial charge in [0, 0.05) is 18.2 Å². The second-order valence-corrected chi connectivity index (χ2v) is 8.42. The fourth-order valence-electron chi connectivity index (χ4n) is 2.91. The van der Waals surface area contributed by atoms with Crippen molar-refractivity contribution in [3.8, 4) is 17.0 Å². The molecule has 32 heavy (non-hydrogen) atoms. The lowest BCUT2D eigenvalue weighted by molar-refractivity contribution is 0.0600. The Hall–Kier alpha value is -3.50. The van der Waals surface area contributed by atoms with E-state index in [1.807, 2.05) is 31.2 Å². The van der Waals surface area contributed by atoms with Crippen molar-refractivity contribution in [2.24, 2.45) is 0 Å². The number of benzene rings is 2. The van der Waals surface area contributed by atoms with Crippen molar-refractivity contribution in [3.63, 3.8) is 0 Å². The van der Waals surface area contributed by atoms with Gasteiger partial charge >= 0.3 is 5.97 Å². The monoisotopic (exact) mass is 457 g/mol. The topological polar surface area (TPSA) is 117 Å². The number of ether oxygens (including phenoxy) is 2. The number of nitrogens with one attached hydrogen (secondary N) is 1. The molecule has 0 aliphatic heterocycles. The molecular formula is C22H23N3O6S. The van der Waals surface area contributed by atoms with Gasteiger partial charge in [-0.2, -0.15) is 5.10 Å². The van der Waals surface area contributed by atoms with E-state index in [4.69, 9.17) is 4.74 Å². The Bertz CT molecular complexity index is 1240. The average Bonchev–Trinajstić information content (AvgIpc) is 2.80. The second kappa shape index (κ2) is 10.2. The predicted octanol–water partition coefficient (Wildman–Crippen LogP) is 2.07. The molecule has 168 valence electrons. The minimum Gasteiger partial charge on any atom is -0.494 e. The van der Waals surface area contributed by atoms with E-state index in [1.54, 1.807) is 6.07 Å². The summed E-state index contributed by atoms with van der Waals surface area (Å²) in [6.07, 6.45) is 0. The molecule has 0 radical (unpaired) electrons. The predicted molar refractivity (Wildman–Crippen MR) is 118 cm³/mol. The first-order chi connectivity index (χ1) is 15.3. The van der Waals surface area contributed by atoms with Crippen LogP contribution in [0.25, 0.3) is 11.3 Å². The lowest BCUT2D eigenvalue weighted by atomic mass is 10.1. The molecule has 1 N–H and O–H groups in total. The van der Waals surface area contributed by atoms with Crippen molar-refractivity contribution in [1.29, 1.82) is 0 Å². The van der Waals surface area contributed by atoms with Crippen LogP contribution in [-0.4, -0.2) is 44.4 Å². The van der Waals surface area contributed by atoms with Crippen molar-refractivity contribution in [2.75, 3.05) is 20.3 Å². The largest absolute Gasteiger partial charge is 0.494 e. The molecule has 3 rings (SSSR count). The summed E-state index contributed by atoms with van der Waals surface area (Å²) < 4.78 is 38.6. The van der Waals surface area contributed by atoms with Crippen LogP contribution in [0.15, 0.2) is 70.4 Å². The molecule has 9 nitrogen and oxygen atoms in total. The maximum Gasteiger partial charge on any atom is 0.337 e. The third kappa shape index (κ3) is 5.59. The molecule has 0 saturated carbocycles. The van der Waals surface area contributed by atoms with Crippen LogP contribution >= 0.6 is 0 Å². The third-order valence-corrected chi connectivity index (χ3v) is 6.01. The number of sulfonamides is 1. The Kier molecular flexibility index (Phi) is 7.39. The highest BCUT2D eigenvalue weighted by Gasteiger charge is 2.15. The van der Waals surface area contributed by atoms with Crippen LogP contribution in [0.1, 0.15) is 17.3 Å². The summed E-state index contributed by atoms with van der Waals surface area (Å²) >= 11 is 0. The van der Waals surface area contributed by atoms with Crippen molar-refractivity contribution < 1.29 is 22.7 Å². The molecule has 0 unspecified atom stereocenters. The van der Waals surface area contributed by atoms with E-state index < -0.39 is 16.0 Å². The smallest absolute Gasteiger partial charge is 0.337 e. The van der Waals surface area contributed by atoms with Crippen molar-refractivity contribution in [2.45, 2.75) is 18.4 Å². The molecule has 0 atom stereocenters. The maximum absolute atomic E-state index is 12.5. The summed E-state index contributed by atoms with van der Waals surface area (Å²) in [5, 5.41) is 4.33. The molecule has 2 aromatic carbocycles. The van der Waals surface area contributed by atoms with Gasteiger partial charge < -0.3 is 9.47 Å². The van der Waals surface area contributed by atoms with Crippen LogP contribution in [0.4, 0.5) is 0 Å². The Morgan fingerprint density at radius 3 is 2.34 bits per heavy atom. The van der Waals surface area contributed by atoms with Gasteiger partial charge in [-0.3, -0.25) is 4.79 Å². The highest BCUT2D eigenvalue weighted by Crippen LogP contribution is 2.19. The quantitative estimate of drug-likeness (QED) is 0.489. The van der Waals surface area contributed by atoms with Gasteiger partial charge in [0.1, 0.15) is 5.75 Å². The fraction of sp³-hybridized carbons (Fsp3) is 0.227. The first-order valence-electron chi connectivity index (χ1n) is 9.83. The van der Waals surface area contributed by atoms with Gasteiger partial charge in [-0.15, -0.1) is 0 Å². The lowest BCUT2D eigenvalue weighted by Crippen LogP contribution is -2.32. The van der Waals surface area contributed by atoms with Crippen LogP contribution in [0.5, 0.6) is 5.75 Å². The van der Waals surface area contributed by atoms with E-state index in [2.05, 4.69) is 14.6 Å². The number of aromatic nitrogens is 2. The zero-order valence-electron chi connectivity index (χ0n) is 17.6. The molecule has 0 amide bonds. The molecule has 0 fully saturated rings. The van der Waals surface area contributed by atoms with Gasteiger partial charge in [0.25, 0.3) is 5.56 Å². The number of rotatable bonds is 9. The third-order valence-electron chi connectivity index (χ3n) is 4.53. The SMILES string of the molecule is CCOc1ccc(-c2ccc(=O)n(CCNS(=O)(=O)c3ccc(C(=O)OC)cc3)n2)cc1. The summed E-state index contributed by atoms with van der Waals surface area (Å²) in [5.74, 6) is 0.179. The van der Waals surface area contributed by atoms with Gasteiger partial charge in [0.15, 0.2) is 0 Å². The molecule has 10 heteroatoms.